The number of esters is 1. The van der Waals surface area contributed by atoms with Crippen molar-refractivity contribution in [3.05, 3.63) is 130 Å². The first-order valence-corrected chi connectivity index (χ1v) is 14.3. The number of ether oxygens (including phenoxy) is 4. The first-order valence-electron chi connectivity index (χ1n) is 14.3. The van der Waals surface area contributed by atoms with E-state index in [9.17, 15) is 14.4 Å². The Labute approximate surface area is 259 Å². The number of carbonyl (C=O) groups is 1. The van der Waals surface area contributed by atoms with Crippen molar-refractivity contribution in [2.45, 2.75) is 33.3 Å². The smallest absolute Gasteiger partial charge is 0.379 e. The summed E-state index contributed by atoms with van der Waals surface area (Å²) in [7, 11) is 0. The van der Waals surface area contributed by atoms with Gasteiger partial charge in [0.1, 0.15) is 41.1 Å². The molecule has 0 amide bonds. The first-order chi connectivity index (χ1) is 21.7. The summed E-state index contributed by atoms with van der Waals surface area (Å²) in [4.78, 5) is 13.1. The number of nitrogens with zero attached hydrogens (tertiary/aromatic N) is 1. The fraction of sp³-hybridized carbons (Fsp3) is 0.167. The van der Waals surface area contributed by atoms with Gasteiger partial charge in [0.2, 0.25) is 11.6 Å². The van der Waals surface area contributed by atoms with Crippen LogP contribution >= 0.6 is 0 Å². The van der Waals surface area contributed by atoms with E-state index in [0.29, 0.717) is 40.6 Å². The highest BCUT2D eigenvalue weighted by Gasteiger charge is 2.32. The molecule has 1 aliphatic rings. The fourth-order valence-corrected chi connectivity index (χ4v) is 5.36. The number of hydrogen-bond acceptors (Lipinski definition) is 8. The lowest BCUT2D eigenvalue weighted by Gasteiger charge is -2.27. The predicted molar refractivity (Wildman–Crippen MR) is 165 cm³/mol. The van der Waals surface area contributed by atoms with E-state index in [0.717, 1.165) is 22.1 Å². The van der Waals surface area contributed by atoms with Gasteiger partial charge in [-0.3, -0.25) is 0 Å². The van der Waals surface area contributed by atoms with E-state index >= 15 is 0 Å². The molecule has 8 nitrogen and oxygen atoms in total. The van der Waals surface area contributed by atoms with Crippen LogP contribution in [0.15, 0.2) is 94.7 Å². The Kier molecular flexibility index (Phi) is 7.88. The molecule has 6 rings (SSSR count). The number of carbonyl (C=O) groups excluding carboxylic acids is 1. The molecular weight excluding hydrogens is 575 g/mol. The highest BCUT2D eigenvalue weighted by Crippen LogP contribution is 2.45. The molecule has 226 valence electrons. The number of halogens is 1. The summed E-state index contributed by atoms with van der Waals surface area (Å²) in [5.41, 5.74) is 11.0. The number of nitriles is 1. The van der Waals surface area contributed by atoms with E-state index in [-0.39, 0.29) is 35.4 Å². The largest absolute Gasteiger partial charge is 0.490 e. The van der Waals surface area contributed by atoms with Crippen molar-refractivity contribution in [2.75, 3.05) is 6.61 Å². The summed E-state index contributed by atoms with van der Waals surface area (Å²) < 4.78 is 42.5. The number of allylic oxidation sites excluding steroid dienone is 1. The zero-order valence-corrected chi connectivity index (χ0v) is 24.8. The van der Waals surface area contributed by atoms with Crippen LogP contribution in [0.5, 0.6) is 23.0 Å². The molecule has 0 radical (unpaired) electrons. The van der Waals surface area contributed by atoms with Gasteiger partial charge >= 0.3 is 5.97 Å². The Balaban J connectivity index is 1.29. The van der Waals surface area contributed by atoms with Gasteiger partial charge in [0.15, 0.2) is 11.5 Å². The third kappa shape index (κ3) is 5.78. The van der Waals surface area contributed by atoms with E-state index in [1.807, 2.05) is 45.0 Å². The van der Waals surface area contributed by atoms with Crippen molar-refractivity contribution >= 4 is 16.9 Å². The van der Waals surface area contributed by atoms with Crippen LogP contribution in [0.1, 0.15) is 51.2 Å². The van der Waals surface area contributed by atoms with Gasteiger partial charge in [-0.25, -0.2) is 9.18 Å². The second-order valence-electron chi connectivity index (χ2n) is 10.6. The van der Waals surface area contributed by atoms with Crippen molar-refractivity contribution in [3.8, 4) is 29.1 Å². The van der Waals surface area contributed by atoms with Crippen LogP contribution < -0.4 is 24.7 Å². The number of furan rings is 1. The van der Waals surface area contributed by atoms with Gasteiger partial charge < -0.3 is 29.1 Å². The van der Waals surface area contributed by atoms with Crippen LogP contribution in [0.2, 0.25) is 0 Å². The summed E-state index contributed by atoms with van der Waals surface area (Å²) in [5, 5.41) is 10.9. The standard InChI is InChI=1S/C36H29FN2O6/c1-4-41-32-16-23(8-14-30(32)42-19-22-6-9-24(37)10-7-22)33-26-12-11-25(17-31(26)45-35(39)28(33)18-38)43-36(40)34-21(3)27-15-20(2)5-13-29(27)44-34/h5-17,33H,4,19,39H2,1-3H3. The summed E-state index contributed by atoms with van der Waals surface area (Å²) in [6.45, 7) is 6.23. The zero-order valence-electron chi connectivity index (χ0n) is 24.8. The first kappa shape index (κ1) is 29.3. The molecule has 1 aromatic heterocycles. The molecule has 0 aliphatic carbocycles. The minimum Gasteiger partial charge on any atom is -0.490 e. The third-order valence-electron chi connectivity index (χ3n) is 7.59. The van der Waals surface area contributed by atoms with Crippen LogP contribution in [0, 0.1) is 31.0 Å². The highest BCUT2D eigenvalue weighted by atomic mass is 19.1. The third-order valence-corrected chi connectivity index (χ3v) is 7.59. The summed E-state index contributed by atoms with van der Waals surface area (Å²) in [6.07, 6.45) is 0. The number of benzene rings is 4. The van der Waals surface area contributed by atoms with Crippen molar-refractivity contribution in [1.82, 2.24) is 0 Å². The van der Waals surface area contributed by atoms with Gasteiger partial charge in [0.25, 0.3) is 0 Å². The van der Waals surface area contributed by atoms with Crippen molar-refractivity contribution in [2.24, 2.45) is 5.73 Å². The Hall–Kier alpha value is -5.75. The molecule has 0 saturated heterocycles. The molecule has 2 N–H and O–H groups in total. The Bertz CT molecular complexity index is 2010. The lowest BCUT2D eigenvalue weighted by atomic mass is 9.83. The van der Waals surface area contributed by atoms with Crippen LogP contribution in [0.25, 0.3) is 11.0 Å². The van der Waals surface area contributed by atoms with Gasteiger partial charge in [0.05, 0.1) is 12.5 Å². The molecule has 0 fully saturated rings. The number of rotatable bonds is 8. The Morgan fingerprint density at radius 3 is 2.53 bits per heavy atom. The SMILES string of the molecule is CCOc1cc(C2C(C#N)=C(N)Oc3cc(OC(=O)c4oc5ccc(C)cc5c4C)ccc32)ccc1OCc1ccc(F)cc1. The number of fused-ring (bicyclic) bond motifs is 2. The molecule has 2 heterocycles. The number of nitrogens with two attached hydrogens (primary N) is 1. The molecule has 4 aromatic carbocycles. The topological polar surface area (TPSA) is 117 Å². The minimum absolute atomic E-state index is 0.0587. The second-order valence-corrected chi connectivity index (χ2v) is 10.6. The summed E-state index contributed by atoms with van der Waals surface area (Å²) in [5.74, 6) is 0.0305. The molecule has 5 aromatic rings. The van der Waals surface area contributed by atoms with Gasteiger partial charge in [-0.1, -0.05) is 35.9 Å². The minimum atomic E-state index is -0.646. The van der Waals surface area contributed by atoms with Crippen molar-refractivity contribution in [1.29, 1.82) is 5.26 Å². The van der Waals surface area contributed by atoms with Gasteiger partial charge in [0, 0.05) is 22.6 Å². The quantitative estimate of drug-likeness (QED) is 0.142. The predicted octanol–water partition coefficient (Wildman–Crippen LogP) is 7.60. The number of aryl methyl sites for hydroxylation is 2. The van der Waals surface area contributed by atoms with Crippen LogP contribution in [0.3, 0.4) is 0 Å². The molecule has 45 heavy (non-hydrogen) atoms. The fourth-order valence-electron chi connectivity index (χ4n) is 5.36. The molecular formula is C36H29FN2O6. The second kappa shape index (κ2) is 12.1. The molecule has 1 unspecified atom stereocenters. The Morgan fingerprint density at radius 1 is 0.978 bits per heavy atom. The van der Waals surface area contributed by atoms with E-state index < -0.39 is 11.9 Å². The van der Waals surface area contributed by atoms with E-state index in [4.69, 9.17) is 29.1 Å². The molecule has 1 atom stereocenters. The number of hydrogen-bond donors (Lipinski definition) is 1. The normalized spacial score (nSPS) is 14.0. The van der Waals surface area contributed by atoms with Crippen LogP contribution in [0.4, 0.5) is 4.39 Å². The van der Waals surface area contributed by atoms with Crippen LogP contribution in [-0.2, 0) is 6.61 Å². The van der Waals surface area contributed by atoms with Crippen molar-refractivity contribution < 1.29 is 32.5 Å². The maximum absolute atomic E-state index is 13.3. The Morgan fingerprint density at radius 2 is 1.78 bits per heavy atom. The molecule has 1 aliphatic heterocycles. The molecule has 0 bridgehead atoms. The average Bonchev–Trinajstić information content (AvgIpc) is 3.36. The van der Waals surface area contributed by atoms with Gasteiger partial charge in [-0.15, -0.1) is 0 Å². The molecule has 9 heteroatoms. The van der Waals surface area contributed by atoms with E-state index in [1.54, 1.807) is 42.5 Å². The molecule has 0 saturated carbocycles. The maximum atomic E-state index is 13.3. The summed E-state index contributed by atoms with van der Waals surface area (Å²) in [6, 6.07) is 24.3. The summed E-state index contributed by atoms with van der Waals surface area (Å²) >= 11 is 0. The average molecular weight is 605 g/mol. The highest BCUT2D eigenvalue weighted by molar-refractivity contribution is 5.97. The lowest BCUT2D eigenvalue weighted by Crippen LogP contribution is -2.21. The van der Waals surface area contributed by atoms with Gasteiger partial charge in [-0.2, -0.15) is 5.26 Å². The maximum Gasteiger partial charge on any atom is 0.379 e. The van der Waals surface area contributed by atoms with Gasteiger partial charge in [-0.05, 0) is 74.4 Å². The zero-order chi connectivity index (χ0) is 31.7. The van der Waals surface area contributed by atoms with Crippen molar-refractivity contribution in [3.63, 3.8) is 0 Å². The van der Waals surface area contributed by atoms with E-state index in [2.05, 4.69) is 6.07 Å². The monoisotopic (exact) mass is 604 g/mol. The lowest BCUT2D eigenvalue weighted by molar-refractivity contribution is 0.0702. The molecule has 0 spiro atoms. The van der Waals surface area contributed by atoms with E-state index in [1.165, 1.54) is 12.1 Å². The van der Waals surface area contributed by atoms with Crippen LogP contribution in [-0.4, -0.2) is 12.6 Å².